The van der Waals surface area contributed by atoms with Crippen LogP contribution in [0, 0.1) is 0 Å². The molecule has 1 N–H and O–H groups in total. The number of esters is 1. The van der Waals surface area contributed by atoms with Gasteiger partial charge in [0.05, 0.1) is 13.2 Å². The molecule has 1 saturated heterocycles. The summed E-state index contributed by atoms with van der Waals surface area (Å²) < 4.78 is 16.2. The normalized spacial score (nSPS) is 32.4. The van der Waals surface area contributed by atoms with Crippen LogP contribution >= 0.6 is 0 Å². The lowest BCUT2D eigenvalue weighted by atomic mass is 9.92. The molecule has 4 atom stereocenters. The molecule has 1 heterocycles. The van der Waals surface area contributed by atoms with Crippen LogP contribution < -0.4 is 0 Å². The van der Waals surface area contributed by atoms with E-state index in [1.165, 1.54) is 7.11 Å². The maximum absolute atomic E-state index is 11.6. The highest BCUT2D eigenvalue weighted by Gasteiger charge is 2.44. The van der Waals surface area contributed by atoms with Gasteiger partial charge in [0, 0.05) is 17.6 Å². The van der Waals surface area contributed by atoms with Gasteiger partial charge in [-0.25, -0.2) is 4.79 Å². The third-order valence-corrected chi connectivity index (χ3v) is 3.58. The van der Waals surface area contributed by atoms with Gasteiger partial charge in [-0.15, -0.1) is 0 Å². The summed E-state index contributed by atoms with van der Waals surface area (Å²) in [7, 11) is 1.32. The molecule has 1 aromatic carbocycles. The lowest BCUT2D eigenvalue weighted by Gasteiger charge is -2.25. The summed E-state index contributed by atoms with van der Waals surface area (Å²) in [4.78, 5) is 11.6. The van der Waals surface area contributed by atoms with Gasteiger partial charge in [-0.3, -0.25) is 0 Å². The summed E-state index contributed by atoms with van der Waals surface area (Å²) in [6.07, 6.45) is -0.265. The Kier molecular flexibility index (Phi) is 3.56. The number of fused-ring (bicyclic) bond motifs is 1. The van der Waals surface area contributed by atoms with Crippen molar-refractivity contribution in [1.82, 2.24) is 0 Å². The molecule has 1 aromatic rings. The van der Waals surface area contributed by atoms with Crippen LogP contribution in [-0.2, 0) is 19.0 Å². The van der Waals surface area contributed by atoms with E-state index in [-0.39, 0.29) is 6.42 Å². The largest absolute Gasteiger partial charge is 0.466 e. The molecule has 0 aromatic heterocycles. The van der Waals surface area contributed by atoms with Crippen LogP contribution in [0.15, 0.2) is 42.0 Å². The van der Waals surface area contributed by atoms with E-state index in [9.17, 15) is 9.90 Å². The fourth-order valence-corrected chi connectivity index (χ4v) is 2.57. The van der Waals surface area contributed by atoms with Crippen LogP contribution in [0.25, 0.3) is 0 Å². The number of ether oxygens (including phenoxy) is 3. The Balaban J connectivity index is 1.81. The molecule has 3 rings (SSSR count). The summed E-state index contributed by atoms with van der Waals surface area (Å²) in [6, 6.07) is 9.51. The van der Waals surface area contributed by atoms with E-state index in [1.54, 1.807) is 6.08 Å². The lowest BCUT2D eigenvalue weighted by molar-refractivity contribution is -0.137. The van der Waals surface area contributed by atoms with Crippen molar-refractivity contribution in [2.75, 3.05) is 7.11 Å². The fraction of sp³-hybridized carbons (Fsp3) is 0.400. The summed E-state index contributed by atoms with van der Waals surface area (Å²) in [5.74, 6) is -0.436. The van der Waals surface area contributed by atoms with Gasteiger partial charge in [-0.2, -0.15) is 0 Å². The predicted octanol–water partition coefficient (Wildman–Crippen LogP) is 1.33. The van der Waals surface area contributed by atoms with E-state index in [0.29, 0.717) is 5.57 Å². The molecule has 0 saturated carbocycles. The summed E-state index contributed by atoms with van der Waals surface area (Å²) in [5, 5.41) is 10.1. The Morgan fingerprint density at radius 1 is 1.30 bits per heavy atom. The Hall–Kier alpha value is -1.69. The zero-order valence-corrected chi connectivity index (χ0v) is 11.1. The minimum atomic E-state index is -0.771. The first-order chi connectivity index (χ1) is 9.69. The summed E-state index contributed by atoms with van der Waals surface area (Å²) >= 11 is 0. The van der Waals surface area contributed by atoms with E-state index in [2.05, 4.69) is 4.74 Å². The molecule has 0 radical (unpaired) electrons. The number of carbonyl (C=O) groups is 1. The van der Waals surface area contributed by atoms with Gasteiger partial charge in [-0.05, 0) is 6.08 Å². The van der Waals surface area contributed by atoms with Crippen LogP contribution in [0.3, 0.4) is 0 Å². The Morgan fingerprint density at radius 3 is 2.75 bits per heavy atom. The Morgan fingerprint density at radius 2 is 2.05 bits per heavy atom. The van der Waals surface area contributed by atoms with Crippen LogP contribution in [0.2, 0.25) is 0 Å². The van der Waals surface area contributed by atoms with Gasteiger partial charge < -0.3 is 19.3 Å². The first-order valence-corrected chi connectivity index (χ1v) is 6.52. The van der Waals surface area contributed by atoms with E-state index < -0.39 is 30.6 Å². The van der Waals surface area contributed by atoms with Crippen molar-refractivity contribution in [3.8, 4) is 0 Å². The number of hydrogen-bond donors (Lipinski definition) is 1. The molecule has 1 aliphatic heterocycles. The van der Waals surface area contributed by atoms with Crippen molar-refractivity contribution in [2.24, 2.45) is 0 Å². The first kappa shape index (κ1) is 13.3. The molecule has 0 bridgehead atoms. The second kappa shape index (κ2) is 5.36. The van der Waals surface area contributed by atoms with Gasteiger partial charge in [-0.1, -0.05) is 30.3 Å². The van der Waals surface area contributed by atoms with Crippen molar-refractivity contribution in [3.63, 3.8) is 0 Å². The average Bonchev–Trinajstić information content (AvgIpc) is 2.92. The number of carbonyl (C=O) groups excluding carboxylic acids is 1. The third-order valence-electron chi connectivity index (χ3n) is 3.58. The number of methoxy groups -OCH3 is 1. The van der Waals surface area contributed by atoms with E-state index >= 15 is 0 Å². The van der Waals surface area contributed by atoms with Gasteiger partial charge in [0.2, 0.25) is 0 Å². The molecule has 2 aliphatic rings. The number of aliphatic hydroxyl groups excluding tert-OH is 1. The highest BCUT2D eigenvalue weighted by atomic mass is 16.7. The number of rotatable bonds is 2. The fourth-order valence-electron chi connectivity index (χ4n) is 2.57. The Bertz CT molecular complexity index is 524. The molecule has 0 amide bonds. The molecule has 1 aliphatic carbocycles. The molecule has 20 heavy (non-hydrogen) atoms. The van der Waals surface area contributed by atoms with E-state index in [4.69, 9.17) is 9.47 Å². The monoisotopic (exact) mass is 276 g/mol. The quantitative estimate of drug-likeness (QED) is 0.826. The minimum absolute atomic E-state index is 0.221. The number of aliphatic hydroxyl groups is 1. The molecular weight excluding hydrogens is 260 g/mol. The molecule has 0 unspecified atom stereocenters. The standard InChI is InChI=1S/C15H16O5/c1-18-14(17)10-7-11(16)13-12(8-10)19-15(20-13)9-5-3-2-4-6-9/h2-6,8,11-13,15-16H,7H2,1H3/t11-,12-,13+,15+/m1/s1. The maximum Gasteiger partial charge on any atom is 0.333 e. The van der Waals surface area contributed by atoms with Crippen molar-refractivity contribution in [3.05, 3.63) is 47.5 Å². The number of hydrogen-bond acceptors (Lipinski definition) is 5. The molecule has 5 heteroatoms. The van der Waals surface area contributed by atoms with Crippen LogP contribution in [0.4, 0.5) is 0 Å². The zero-order chi connectivity index (χ0) is 14.1. The maximum atomic E-state index is 11.6. The molecule has 0 spiro atoms. The average molecular weight is 276 g/mol. The van der Waals surface area contributed by atoms with Crippen LogP contribution in [-0.4, -0.2) is 36.5 Å². The lowest BCUT2D eigenvalue weighted by Crippen LogP contribution is -2.39. The van der Waals surface area contributed by atoms with Crippen molar-refractivity contribution in [2.45, 2.75) is 31.0 Å². The molecule has 106 valence electrons. The van der Waals surface area contributed by atoms with Gasteiger partial charge >= 0.3 is 5.97 Å². The van der Waals surface area contributed by atoms with Crippen molar-refractivity contribution in [1.29, 1.82) is 0 Å². The van der Waals surface area contributed by atoms with Gasteiger partial charge in [0.15, 0.2) is 6.29 Å². The van der Waals surface area contributed by atoms with Gasteiger partial charge in [0.25, 0.3) is 0 Å². The summed E-state index contributed by atoms with van der Waals surface area (Å²) in [6.45, 7) is 0. The SMILES string of the molecule is COC(=O)C1=C[C@H]2O[C@H](c3ccccc3)O[C@H]2[C@H](O)C1. The van der Waals surface area contributed by atoms with E-state index in [1.807, 2.05) is 30.3 Å². The predicted molar refractivity (Wildman–Crippen MR) is 69.7 cm³/mol. The minimum Gasteiger partial charge on any atom is -0.466 e. The number of benzene rings is 1. The highest BCUT2D eigenvalue weighted by Crippen LogP contribution is 2.37. The second-order valence-electron chi connectivity index (χ2n) is 4.90. The topological polar surface area (TPSA) is 65.0 Å². The van der Waals surface area contributed by atoms with Crippen LogP contribution in [0.1, 0.15) is 18.3 Å². The van der Waals surface area contributed by atoms with Crippen LogP contribution in [0.5, 0.6) is 0 Å². The van der Waals surface area contributed by atoms with Gasteiger partial charge in [0.1, 0.15) is 12.2 Å². The summed E-state index contributed by atoms with van der Waals surface area (Å²) in [5.41, 5.74) is 1.32. The van der Waals surface area contributed by atoms with Crippen molar-refractivity contribution >= 4 is 5.97 Å². The molecule has 1 fully saturated rings. The van der Waals surface area contributed by atoms with Crippen molar-refractivity contribution < 1.29 is 24.1 Å². The highest BCUT2D eigenvalue weighted by molar-refractivity contribution is 5.88. The Labute approximate surface area is 116 Å². The zero-order valence-electron chi connectivity index (χ0n) is 11.1. The smallest absolute Gasteiger partial charge is 0.333 e. The third kappa shape index (κ3) is 2.35. The molecular formula is C15H16O5. The second-order valence-corrected chi connectivity index (χ2v) is 4.90. The van der Waals surface area contributed by atoms with E-state index in [0.717, 1.165) is 5.56 Å². The molecule has 5 nitrogen and oxygen atoms in total. The first-order valence-electron chi connectivity index (χ1n) is 6.52.